The quantitative estimate of drug-likeness (QED) is 0.453. The SMILES string of the molecule is CC[C@@H](C(=O)OC(C)(C)C)n1cccc(NCCCC(=O)OCc2ccccc2)c1=O. The standard InChI is InChI=1S/C24H32N2O5/c1-5-20(23(29)31-24(2,3)4)26-16-10-13-19(22(26)28)25-15-9-14-21(27)30-17-18-11-7-6-8-12-18/h6-8,10-13,16,20,25H,5,9,14-15,17H2,1-4H3/t20-/m0/s1. The number of hydrogen-bond donors (Lipinski definition) is 1. The van der Waals surface area contributed by atoms with Gasteiger partial charge >= 0.3 is 11.9 Å². The molecule has 0 aliphatic carbocycles. The molecule has 0 bridgehead atoms. The lowest BCUT2D eigenvalue weighted by Crippen LogP contribution is -2.35. The molecule has 2 aromatic rings. The molecule has 31 heavy (non-hydrogen) atoms. The minimum absolute atomic E-state index is 0.246. The van der Waals surface area contributed by atoms with Gasteiger partial charge in [-0.15, -0.1) is 0 Å². The third kappa shape index (κ3) is 7.92. The van der Waals surface area contributed by atoms with E-state index in [1.54, 1.807) is 39.1 Å². The van der Waals surface area contributed by atoms with Crippen molar-refractivity contribution < 1.29 is 19.1 Å². The number of nitrogens with one attached hydrogen (secondary N) is 1. The molecule has 1 aromatic heterocycles. The Hall–Kier alpha value is -3.09. The number of esters is 2. The number of anilines is 1. The lowest BCUT2D eigenvalue weighted by atomic mass is 10.1. The van der Waals surface area contributed by atoms with Crippen molar-refractivity contribution in [2.45, 2.75) is 65.2 Å². The van der Waals surface area contributed by atoms with E-state index in [1.165, 1.54) is 4.57 Å². The molecule has 0 saturated carbocycles. The largest absolute Gasteiger partial charge is 0.461 e. The Morgan fingerprint density at radius 2 is 1.81 bits per heavy atom. The van der Waals surface area contributed by atoms with Crippen molar-refractivity contribution in [1.29, 1.82) is 0 Å². The zero-order chi connectivity index (χ0) is 22.9. The van der Waals surface area contributed by atoms with Crippen molar-refractivity contribution in [3.05, 3.63) is 64.6 Å². The molecular formula is C24H32N2O5. The van der Waals surface area contributed by atoms with E-state index in [0.29, 0.717) is 25.1 Å². The minimum atomic E-state index is -0.693. The maximum Gasteiger partial charge on any atom is 0.329 e. The number of carbonyl (C=O) groups excluding carboxylic acids is 2. The monoisotopic (exact) mass is 428 g/mol. The second-order valence-electron chi connectivity index (χ2n) is 8.27. The van der Waals surface area contributed by atoms with Gasteiger partial charge in [0.05, 0.1) is 0 Å². The van der Waals surface area contributed by atoms with E-state index in [1.807, 2.05) is 37.3 Å². The summed E-state index contributed by atoms with van der Waals surface area (Å²) in [5.74, 6) is -0.720. The fourth-order valence-corrected chi connectivity index (χ4v) is 3.00. The predicted octanol–water partition coefficient (Wildman–Crippen LogP) is 4.08. The highest BCUT2D eigenvalue weighted by atomic mass is 16.6. The van der Waals surface area contributed by atoms with Crippen LogP contribution in [0.2, 0.25) is 0 Å². The number of aromatic nitrogens is 1. The fraction of sp³-hybridized carbons (Fsp3) is 0.458. The van der Waals surface area contributed by atoms with Gasteiger partial charge in [-0.05, 0) is 51.3 Å². The summed E-state index contributed by atoms with van der Waals surface area (Å²) >= 11 is 0. The van der Waals surface area contributed by atoms with E-state index in [-0.39, 0.29) is 24.6 Å². The Morgan fingerprint density at radius 3 is 2.45 bits per heavy atom. The highest BCUT2D eigenvalue weighted by Gasteiger charge is 2.26. The molecule has 7 heteroatoms. The number of ether oxygens (including phenoxy) is 2. The molecule has 0 aliphatic heterocycles. The van der Waals surface area contributed by atoms with Crippen molar-refractivity contribution in [2.24, 2.45) is 0 Å². The molecule has 0 spiro atoms. The van der Waals surface area contributed by atoms with Gasteiger partial charge < -0.3 is 14.8 Å². The summed E-state index contributed by atoms with van der Waals surface area (Å²) in [4.78, 5) is 37.2. The van der Waals surface area contributed by atoms with Gasteiger partial charge in [-0.3, -0.25) is 14.2 Å². The van der Waals surface area contributed by atoms with E-state index < -0.39 is 17.6 Å². The number of hydrogen-bond acceptors (Lipinski definition) is 6. The first-order valence-corrected chi connectivity index (χ1v) is 10.6. The molecule has 0 unspecified atom stereocenters. The lowest BCUT2D eigenvalue weighted by molar-refractivity contribution is -0.159. The van der Waals surface area contributed by atoms with Crippen molar-refractivity contribution in [1.82, 2.24) is 4.57 Å². The molecule has 1 N–H and O–H groups in total. The molecule has 0 aliphatic rings. The van der Waals surface area contributed by atoms with Crippen LogP contribution in [-0.2, 0) is 25.7 Å². The van der Waals surface area contributed by atoms with E-state index >= 15 is 0 Å². The first-order valence-electron chi connectivity index (χ1n) is 10.6. The summed E-state index contributed by atoms with van der Waals surface area (Å²) in [6.45, 7) is 7.90. The van der Waals surface area contributed by atoms with Crippen LogP contribution in [0.25, 0.3) is 0 Å². The third-order valence-electron chi connectivity index (χ3n) is 4.49. The van der Waals surface area contributed by atoms with Crippen molar-refractivity contribution >= 4 is 17.6 Å². The Morgan fingerprint density at radius 1 is 1.10 bits per heavy atom. The van der Waals surface area contributed by atoms with Crippen molar-refractivity contribution in [3.8, 4) is 0 Å². The van der Waals surface area contributed by atoms with Gasteiger partial charge in [0.25, 0.3) is 5.56 Å². The molecule has 1 heterocycles. The van der Waals surface area contributed by atoms with E-state index in [2.05, 4.69) is 5.32 Å². The average Bonchev–Trinajstić information content (AvgIpc) is 2.72. The van der Waals surface area contributed by atoms with E-state index in [4.69, 9.17) is 9.47 Å². The molecule has 0 fully saturated rings. The first-order chi connectivity index (χ1) is 14.7. The van der Waals surface area contributed by atoms with Gasteiger partial charge in [-0.1, -0.05) is 37.3 Å². The van der Waals surface area contributed by atoms with Crippen LogP contribution in [0.15, 0.2) is 53.5 Å². The topological polar surface area (TPSA) is 86.6 Å². The Kier molecular flexibility index (Phi) is 8.85. The summed E-state index contributed by atoms with van der Waals surface area (Å²) < 4.78 is 12.1. The van der Waals surface area contributed by atoms with Crippen LogP contribution >= 0.6 is 0 Å². The number of rotatable bonds is 10. The summed E-state index contributed by atoms with van der Waals surface area (Å²) in [7, 11) is 0. The van der Waals surface area contributed by atoms with Crippen LogP contribution in [0, 0.1) is 0 Å². The number of nitrogens with zero attached hydrogens (tertiary/aromatic N) is 1. The second-order valence-corrected chi connectivity index (χ2v) is 8.27. The number of carbonyl (C=O) groups is 2. The van der Waals surface area contributed by atoms with E-state index in [0.717, 1.165) is 5.56 Å². The normalized spacial score (nSPS) is 12.1. The molecular weight excluding hydrogens is 396 g/mol. The molecule has 1 aromatic carbocycles. The molecule has 7 nitrogen and oxygen atoms in total. The van der Waals surface area contributed by atoms with Crippen LogP contribution in [0.4, 0.5) is 5.69 Å². The zero-order valence-electron chi connectivity index (χ0n) is 18.7. The highest BCUT2D eigenvalue weighted by Crippen LogP contribution is 2.17. The highest BCUT2D eigenvalue weighted by molar-refractivity contribution is 5.74. The third-order valence-corrected chi connectivity index (χ3v) is 4.49. The van der Waals surface area contributed by atoms with Gasteiger partial charge in [-0.25, -0.2) is 4.79 Å². The van der Waals surface area contributed by atoms with Crippen LogP contribution in [-0.4, -0.2) is 28.7 Å². The first kappa shape index (κ1) is 24.2. The zero-order valence-corrected chi connectivity index (χ0v) is 18.7. The van der Waals surface area contributed by atoms with Crippen molar-refractivity contribution in [3.63, 3.8) is 0 Å². The second kappa shape index (κ2) is 11.3. The average molecular weight is 429 g/mol. The minimum Gasteiger partial charge on any atom is -0.461 e. The molecule has 2 rings (SSSR count). The smallest absolute Gasteiger partial charge is 0.329 e. The van der Waals surface area contributed by atoms with Gasteiger partial charge in [0.1, 0.15) is 23.9 Å². The van der Waals surface area contributed by atoms with Crippen LogP contribution < -0.4 is 10.9 Å². The molecule has 168 valence electrons. The lowest BCUT2D eigenvalue weighted by Gasteiger charge is -2.24. The Labute approximate surface area is 183 Å². The molecule has 0 saturated heterocycles. The molecule has 1 atom stereocenters. The van der Waals surface area contributed by atoms with Gasteiger partial charge in [-0.2, -0.15) is 0 Å². The summed E-state index contributed by atoms with van der Waals surface area (Å²) in [6.07, 6.45) is 2.79. The van der Waals surface area contributed by atoms with Crippen LogP contribution in [0.1, 0.15) is 58.6 Å². The molecule has 0 radical (unpaired) electrons. The van der Waals surface area contributed by atoms with Gasteiger partial charge in [0.15, 0.2) is 0 Å². The Balaban J connectivity index is 1.88. The summed E-state index contributed by atoms with van der Waals surface area (Å²) in [6, 6.07) is 12.2. The van der Waals surface area contributed by atoms with Crippen molar-refractivity contribution in [2.75, 3.05) is 11.9 Å². The van der Waals surface area contributed by atoms with E-state index in [9.17, 15) is 14.4 Å². The summed E-state index contributed by atoms with van der Waals surface area (Å²) in [5, 5.41) is 3.06. The van der Waals surface area contributed by atoms with Gasteiger partial charge in [0, 0.05) is 19.2 Å². The maximum absolute atomic E-state index is 12.8. The molecule has 0 amide bonds. The van der Waals surface area contributed by atoms with Gasteiger partial charge in [0.2, 0.25) is 0 Å². The fourth-order valence-electron chi connectivity index (χ4n) is 3.00. The van der Waals surface area contributed by atoms with Crippen LogP contribution in [0.3, 0.4) is 0 Å². The number of pyridine rings is 1. The Bertz CT molecular complexity index is 916. The number of benzene rings is 1. The maximum atomic E-state index is 12.8. The summed E-state index contributed by atoms with van der Waals surface area (Å²) in [5.41, 5.74) is 0.391. The van der Waals surface area contributed by atoms with Crippen LogP contribution in [0.5, 0.6) is 0 Å². The predicted molar refractivity (Wildman–Crippen MR) is 120 cm³/mol.